The molecule has 0 bridgehead atoms. The van der Waals surface area contributed by atoms with Crippen molar-refractivity contribution < 1.29 is 14.6 Å². The lowest BCUT2D eigenvalue weighted by molar-refractivity contribution is -0.124. The van der Waals surface area contributed by atoms with Crippen molar-refractivity contribution in [3.05, 3.63) is 29.8 Å². The number of nitrogens with one attached hydrogen (secondary N) is 1. The summed E-state index contributed by atoms with van der Waals surface area (Å²) in [5.74, 6) is 0.415. The van der Waals surface area contributed by atoms with Crippen LogP contribution in [0.3, 0.4) is 0 Å². The monoisotopic (exact) mass is 280 g/mol. The number of ether oxygens (including phenoxy) is 1. The zero-order chi connectivity index (χ0) is 15.0. The number of nitrogens with two attached hydrogens (primary N) is 1. The van der Waals surface area contributed by atoms with E-state index < -0.39 is 5.54 Å². The molecule has 20 heavy (non-hydrogen) atoms. The van der Waals surface area contributed by atoms with Gasteiger partial charge in [0.1, 0.15) is 5.75 Å². The Morgan fingerprint density at radius 2 is 2.05 bits per heavy atom. The van der Waals surface area contributed by atoms with Gasteiger partial charge in [-0.2, -0.15) is 0 Å². The maximum atomic E-state index is 11.4. The Kier molecular flexibility index (Phi) is 6.48. The zero-order valence-electron chi connectivity index (χ0n) is 12.2. The van der Waals surface area contributed by atoms with Crippen LogP contribution < -0.4 is 15.8 Å². The second-order valence-corrected chi connectivity index (χ2v) is 4.98. The molecule has 0 saturated heterocycles. The van der Waals surface area contributed by atoms with Crippen LogP contribution in [-0.4, -0.2) is 29.7 Å². The largest absolute Gasteiger partial charge is 0.494 e. The third-order valence-electron chi connectivity index (χ3n) is 3.31. The van der Waals surface area contributed by atoms with Crippen molar-refractivity contribution in [1.82, 2.24) is 5.32 Å². The normalized spacial score (nSPS) is 13.8. The van der Waals surface area contributed by atoms with E-state index in [1.54, 1.807) is 0 Å². The number of likely N-dealkylation sites (N-methyl/N-ethyl adjacent to an activating group) is 1. The minimum Gasteiger partial charge on any atom is -0.494 e. The Morgan fingerprint density at radius 1 is 1.40 bits per heavy atom. The molecule has 0 aliphatic rings. The Balaban J connectivity index is 2.37. The first-order valence-corrected chi connectivity index (χ1v) is 6.89. The summed E-state index contributed by atoms with van der Waals surface area (Å²) in [6.45, 7) is 5.00. The van der Waals surface area contributed by atoms with E-state index in [-0.39, 0.29) is 12.5 Å². The summed E-state index contributed by atoms with van der Waals surface area (Å²) in [5, 5.41) is 12.1. The standard InChI is InChI=1S/C15H24N2O3/c1-3-17-15(2,14(16)19)9-4-10-20-13-7-5-12(11-18)6-8-13/h5-8,17-18H,3-4,9-11H2,1-2H3,(H2,16,19). The van der Waals surface area contributed by atoms with Gasteiger partial charge in [-0.15, -0.1) is 0 Å². The third-order valence-corrected chi connectivity index (χ3v) is 3.31. The molecule has 0 aromatic heterocycles. The number of rotatable bonds is 9. The number of hydrogen-bond donors (Lipinski definition) is 3. The number of aliphatic hydroxyl groups is 1. The van der Waals surface area contributed by atoms with Gasteiger partial charge in [0.2, 0.25) is 5.91 Å². The quantitative estimate of drug-likeness (QED) is 0.593. The fourth-order valence-corrected chi connectivity index (χ4v) is 2.00. The van der Waals surface area contributed by atoms with Crippen LogP contribution in [-0.2, 0) is 11.4 Å². The highest BCUT2D eigenvalue weighted by atomic mass is 16.5. The van der Waals surface area contributed by atoms with Gasteiger partial charge in [0.15, 0.2) is 0 Å². The number of primary amides is 1. The molecule has 1 aromatic rings. The van der Waals surface area contributed by atoms with Crippen LogP contribution in [0.2, 0.25) is 0 Å². The fraction of sp³-hybridized carbons (Fsp3) is 0.533. The summed E-state index contributed by atoms with van der Waals surface area (Å²) in [5.41, 5.74) is 5.59. The summed E-state index contributed by atoms with van der Waals surface area (Å²) in [6.07, 6.45) is 1.36. The van der Waals surface area contributed by atoms with Crippen molar-refractivity contribution in [3.8, 4) is 5.75 Å². The number of amides is 1. The summed E-state index contributed by atoms with van der Waals surface area (Å²) < 4.78 is 5.60. The third kappa shape index (κ3) is 4.83. The molecule has 0 heterocycles. The Labute approximate surface area is 120 Å². The van der Waals surface area contributed by atoms with E-state index in [2.05, 4.69) is 5.32 Å². The van der Waals surface area contributed by atoms with Gasteiger partial charge in [0.25, 0.3) is 0 Å². The van der Waals surface area contributed by atoms with E-state index in [0.717, 1.165) is 17.7 Å². The Morgan fingerprint density at radius 3 is 2.55 bits per heavy atom. The molecular formula is C15H24N2O3. The molecule has 112 valence electrons. The first-order chi connectivity index (χ1) is 9.51. The van der Waals surface area contributed by atoms with Crippen LogP contribution in [0, 0.1) is 0 Å². The highest BCUT2D eigenvalue weighted by Crippen LogP contribution is 2.15. The van der Waals surface area contributed by atoms with Crippen LogP contribution >= 0.6 is 0 Å². The molecule has 0 radical (unpaired) electrons. The minimum absolute atomic E-state index is 0.0277. The van der Waals surface area contributed by atoms with E-state index in [4.69, 9.17) is 15.6 Å². The van der Waals surface area contributed by atoms with Gasteiger partial charge in [-0.1, -0.05) is 19.1 Å². The van der Waals surface area contributed by atoms with Crippen molar-refractivity contribution in [2.75, 3.05) is 13.2 Å². The number of carbonyl (C=O) groups excluding carboxylic acids is 1. The Bertz CT molecular complexity index is 420. The molecule has 0 aliphatic carbocycles. The fourth-order valence-electron chi connectivity index (χ4n) is 2.00. The van der Waals surface area contributed by atoms with Crippen molar-refractivity contribution in [1.29, 1.82) is 0 Å². The minimum atomic E-state index is -0.682. The van der Waals surface area contributed by atoms with Crippen LogP contribution in [0.4, 0.5) is 0 Å². The van der Waals surface area contributed by atoms with E-state index in [1.807, 2.05) is 38.1 Å². The Hall–Kier alpha value is -1.59. The van der Waals surface area contributed by atoms with Crippen molar-refractivity contribution in [3.63, 3.8) is 0 Å². The van der Waals surface area contributed by atoms with Crippen LogP contribution in [0.15, 0.2) is 24.3 Å². The SMILES string of the molecule is CCNC(C)(CCCOc1ccc(CO)cc1)C(N)=O. The summed E-state index contributed by atoms with van der Waals surface area (Å²) >= 11 is 0. The molecule has 4 N–H and O–H groups in total. The maximum absolute atomic E-state index is 11.4. The predicted molar refractivity (Wildman–Crippen MR) is 78.4 cm³/mol. The topological polar surface area (TPSA) is 84.6 Å². The van der Waals surface area contributed by atoms with Crippen LogP contribution in [0.25, 0.3) is 0 Å². The smallest absolute Gasteiger partial charge is 0.237 e. The van der Waals surface area contributed by atoms with Gasteiger partial charge in [-0.25, -0.2) is 0 Å². The van der Waals surface area contributed by atoms with Gasteiger partial charge < -0.3 is 20.9 Å². The molecule has 5 heteroatoms. The molecule has 1 atom stereocenters. The molecule has 1 aromatic carbocycles. The number of hydrogen-bond acceptors (Lipinski definition) is 4. The van der Waals surface area contributed by atoms with Crippen molar-refractivity contribution in [2.24, 2.45) is 5.73 Å². The lowest BCUT2D eigenvalue weighted by Gasteiger charge is -2.26. The molecular weight excluding hydrogens is 256 g/mol. The molecule has 0 saturated carbocycles. The van der Waals surface area contributed by atoms with Gasteiger partial charge in [-0.05, 0) is 44.0 Å². The van der Waals surface area contributed by atoms with Gasteiger partial charge in [0, 0.05) is 0 Å². The highest BCUT2D eigenvalue weighted by molar-refractivity contribution is 5.84. The van der Waals surface area contributed by atoms with Crippen LogP contribution in [0.5, 0.6) is 5.75 Å². The first-order valence-electron chi connectivity index (χ1n) is 6.89. The first kappa shape index (κ1) is 16.5. The van der Waals surface area contributed by atoms with Gasteiger partial charge in [-0.3, -0.25) is 4.79 Å². The van der Waals surface area contributed by atoms with E-state index in [9.17, 15) is 4.79 Å². The van der Waals surface area contributed by atoms with Crippen molar-refractivity contribution >= 4 is 5.91 Å². The molecule has 0 spiro atoms. The second kappa shape index (κ2) is 7.87. The summed E-state index contributed by atoms with van der Waals surface area (Å²) in [6, 6.07) is 7.29. The average molecular weight is 280 g/mol. The zero-order valence-corrected chi connectivity index (χ0v) is 12.2. The lowest BCUT2D eigenvalue weighted by atomic mass is 9.95. The second-order valence-electron chi connectivity index (χ2n) is 4.98. The van der Waals surface area contributed by atoms with Gasteiger partial charge in [0.05, 0.1) is 18.8 Å². The molecule has 1 unspecified atom stereocenters. The average Bonchev–Trinajstić information content (AvgIpc) is 2.44. The molecule has 0 fully saturated rings. The number of carbonyl (C=O) groups is 1. The van der Waals surface area contributed by atoms with Gasteiger partial charge >= 0.3 is 0 Å². The molecule has 1 amide bonds. The maximum Gasteiger partial charge on any atom is 0.237 e. The van der Waals surface area contributed by atoms with Crippen LogP contribution in [0.1, 0.15) is 32.3 Å². The predicted octanol–water partition coefficient (Wildman–Crippen LogP) is 1.19. The highest BCUT2D eigenvalue weighted by Gasteiger charge is 2.28. The summed E-state index contributed by atoms with van der Waals surface area (Å²) in [4.78, 5) is 11.4. The van der Waals surface area contributed by atoms with Crippen molar-refractivity contribution in [2.45, 2.75) is 38.8 Å². The number of benzene rings is 1. The van der Waals surface area contributed by atoms with E-state index >= 15 is 0 Å². The molecule has 1 rings (SSSR count). The van der Waals surface area contributed by atoms with E-state index in [1.165, 1.54) is 0 Å². The number of aliphatic hydroxyl groups excluding tert-OH is 1. The summed E-state index contributed by atoms with van der Waals surface area (Å²) in [7, 11) is 0. The lowest BCUT2D eigenvalue weighted by Crippen LogP contribution is -2.53. The van der Waals surface area contributed by atoms with E-state index in [0.29, 0.717) is 19.6 Å². The molecule has 5 nitrogen and oxygen atoms in total. The molecule has 0 aliphatic heterocycles.